The van der Waals surface area contributed by atoms with Crippen LogP contribution in [0.3, 0.4) is 0 Å². The third kappa shape index (κ3) is 2.95. The van der Waals surface area contributed by atoms with E-state index in [4.69, 9.17) is 0 Å². The summed E-state index contributed by atoms with van der Waals surface area (Å²) >= 11 is 0. The highest BCUT2D eigenvalue weighted by molar-refractivity contribution is 5.32. The lowest BCUT2D eigenvalue weighted by Crippen LogP contribution is -2.37. The van der Waals surface area contributed by atoms with Gasteiger partial charge in [-0.1, -0.05) is 47.0 Å². The van der Waals surface area contributed by atoms with Crippen LogP contribution in [0.15, 0.2) is 4.99 Å². The molecule has 1 rings (SSSR count). The third-order valence-electron chi connectivity index (χ3n) is 4.53. The number of nitrogens with zero attached hydrogens (tertiary/aromatic N) is 1. The van der Waals surface area contributed by atoms with Crippen molar-refractivity contribution >= 4 is 6.08 Å². The van der Waals surface area contributed by atoms with Crippen molar-refractivity contribution in [2.45, 2.75) is 47.0 Å². The molecule has 0 radical (unpaired) electrons. The molecule has 92 valence electrons. The lowest BCUT2D eigenvalue weighted by atomic mass is 9.62. The Kier molecular flexibility index (Phi) is 5.21. The molecule has 16 heavy (non-hydrogen) atoms. The molecule has 0 aromatic carbocycles. The summed E-state index contributed by atoms with van der Waals surface area (Å²) in [5.41, 5.74) is 0. The van der Waals surface area contributed by atoms with Gasteiger partial charge in [0.1, 0.15) is 0 Å². The van der Waals surface area contributed by atoms with Gasteiger partial charge in [-0.3, -0.25) is 0 Å². The molecule has 1 aliphatic carbocycles. The summed E-state index contributed by atoms with van der Waals surface area (Å²) in [6.07, 6.45) is 5.62. The fourth-order valence-corrected chi connectivity index (χ4v) is 3.69. The number of hydrogen-bond acceptors (Lipinski definition) is 2. The minimum Gasteiger partial charge on any atom is -0.211 e. The fraction of sp³-hybridized carbons (Fsp3) is 0.929. The van der Waals surface area contributed by atoms with Gasteiger partial charge in [-0.05, 0) is 29.6 Å². The van der Waals surface area contributed by atoms with Gasteiger partial charge in [-0.2, -0.15) is 0 Å². The first-order valence-electron chi connectivity index (χ1n) is 6.65. The Hall–Kier alpha value is -0.620. The highest BCUT2D eigenvalue weighted by Gasteiger charge is 2.36. The zero-order valence-corrected chi connectivity index (χ0v) is 11.1. The molecule has 0 aromatic heterocycles. The topological polar surface area (TPSA) is 29.4 Å². The molecule has 0 saturated heterocycles. The molecule has 0 bridgehead atoms. The Morgan fingerprint density at radius 3 is 2.50 bits per heavy atom. The molecule has 2 nitrogen and oxygen atoms in total. The van der Waals surface area contributed by atoms with Crippen molar-refractivity contribution in [3.05, 3.63) is 0 Å². The van der Waals surface area contributed by atoms with Gasteiger partial charge in [0, 0.05) is 0 Å². The van der Waals surface area contributed by atoms with Crippen LogP contribution in [0.1, 0.15) is 47.0 Å². The summed E-state index contributed by atoms with van der Waals surface area (Å²) in [6, 6.07) is 0. The Bertz CT molecular complexity index is 257. The van der Waals surface area contributed by atoms with Crippen LogP contribution in [0.25, 0.3) is 0 Å². The second-order valence-corrected chi connectivity index (χ2v) is 5.59. The molecular weight excluding hydrogens is 198 g/mol. The zero-order valence-electron chi connectivity index (χ0n) is 11.1. The molecule has 4 unspecified atom stereocenters. The lowest BCUT2D eigenvalue weighted by molar-refractivity contribution is 0.0645. The Labute approximate surface area is 99.5 Å². The van der Waals surface area contributed by atoms with Crippen molar-refractivity contribution in [2.24, 2.45) is 34.6 Å². The van der Waals surface area contributed by atoms with E-state index in [0.29, 0.717) is 12.5 Å². The minimum atomic E-state index is 0.518. The maximum absolute atomic E-state index is 10.2. The van der Waals surface area contributed by atoms with Gasteiger partial charge in [0.2, 0.25) is 6.08 Å². The summed E-state index contributed by atoms with van der Waals surface area (Å²) in [5, 5.41) is 0. The van der Waals surface area contributed by atoms with Crippen molar-refractivity contribution in [3.8, 4) is 0 Å². The van der Waals surface area contributed by atoms with Gasteiger partial charge in [-0.15, -0.1) is 0 Å². The normalized spacial score (nSPS) is 36.5. The van der Waals surface area contributed by atoms with Crippen LogP contribution in [0, 0.1) is 29.6 Å². The second kappa shape index (κ2) is 6.20. The van der Waals surface area contributed by atoms with E-state index >= 15 is 0 Å². The van der Waals surface area contributed by atoms with Gasteiger partial charge in [0.25, 0.3) is 0 Å². The van der Waals surface area contributed by atoms with Crippen LogP contribution in [0.2, 0.25) is 0 Å². The van der Waals surface area contributed by atoms with E-state index < -0.39 is 0 Å². The first-order valence-corrected chi connectivity index (χ1v) is 6.65. The summed E-state index contributed by atoms with van der Waals surface area (Å²) in [6.45, 7) is 9.93. The van der Waals surface area contributed by atoms with Crippen LogP contribution in [0.4, 0.5) is 0 Å². The van der Waals surface area contributed by atoms with E-state index in [1.165, 1.54) is 19.3 Å². The lowest BCUT2D eigenvalue weighted by Gasteiger charge is -2.43. The first kappa shape index (κ1) is 13.4. The van der Waals surface area contributed by atoms with Gasteiger partial charge >= 0.3 is 0 Å². The fourth-order valence-electron chi connectivity index (χ4n) is 3.69. The van der Waals surface area contributed by atoms with Crippen molar-refractivity contribution < 1.29 is 4.79 Å². The van der Waals surface area contributed by atoms with Crippen molar-refractivity contribution in [2.75, 3.05) is 6.54 Å². The maximum atomic E-state index is 10.2. The van der Waals surface area contributed by atoms with Crippen molar-refractivity contribution in [3.63, 3.8) is 0 Å². The number of aliphatic imine (C=N–C) groups is 1. The second-order valence-electron chi connectivity index (χ2n) is 5.59. The van der Waals surface area contributed by atoms with Gasteiger partial charge in [0.05, 0.1) is 6.54 Å². The molecule has 5 atom stereocenters. The molecule has 0 spiro atoms. The summed E-state index contributed by atoms with van der Waals surface area (Å²) in [5.74, 6) is 3.66. The van der Waals surface area contributed by atoms with Crippen molar-refractivity contribution in [1.82, 2.24) is 0 Å². The van der Waals surface area contributed by atoms with E-state index in [2.05, 4.69) is 32.7 Å². The average molecular weight is 223 g/mol. The highest BCUT2D eigenvalue weighted by Crippen LogP contribution is 2.44. The Morgan fingerprint density at radius 2 is 1.94 bits per heavy atom. The smallest absolute Gasteiger partial charge is 0.211 e. The van der Waals surface area contributed by atoms with Crippen LogP contribution in [0.5, 0.6) is 0 Å². The SMILES string of the molecule is CCC1C(C)CCC(C)C1[C@H](C)CN=C=O. The van der Waals surface area contributed by atoms with Crippen LogP contribution in [-0.4, -0.2) is 12.6 Å². The molecule has 0 amide bonds. The van der Waals surface area contributed by atoms with Crippen LogP contribution < -0.4 is 0 Å². The predicted molar refractivity (Wildman–Crippen MR) is 67.0 cm³/mol. The summed E-state index contributed by atoms with van der Waals surface area (Å²) in [4.78, 5) is 14.0. The molecule has 1 fully saturated rings. The molecule has 0 aliphatic heterocycles. The van der Waals surface area contributed by atoms with Gasteiger partial charge in [0.15, 0.2) is 0 Å². The van der Waals surface area contributed by atoms with E-state index in [-0.39, 0.29) is 0 Å². The van der Waals surface area contributed by atoms with Crippen molar-refractivity contribution in [1.29, 1.82) is 0 Å². The van der Waals surface area contributed by atoms with E-state index in [9.17, 15) is 4.79 Å². The first-order chi connectivity index (χ1) is 7.61. The largest absolute Gasteiger partial charge is 0.234 e. The van der Waals surface area contributed by atoms with Gasteiger partial charge in [-0.25, -0.2) is 9.79 Å². The summed E-state index contributed by atoms with van der Waals surface area (Å²) < 4.78 is 0. The maximum Gasteiger partial charge on any atom is 0.234 e. The quantitative estimate of drug-likeness (QED) is 0.528. The monoisotopic (exact) mass is 223 g/mol. The zero-order chi connectivity index (χ0) is 12.1. The Balaban J connectivity index is 2.74. The number of carbonyl (C=O) groups excluding carboxylic acids is 1. The molecule has 2 heteroatoms. The molecule has 1 aliphatic rings. The Morgan fingerprint density at radius 1 is 1.31 bits per heavy atom. The minimum absolute atomic E-state index is 0.518. The average Bonchev–Trinajstić information content (AvgIpc) is 2.28. The molecule has 0 heterocycles. The highest BCUT2D eigenvalue weighted by atomic mass is 16.1. The van der Waals surface area contributed by atoms with Gasteiger partial charge < -0.3 is 0 Å². The number of isocyanates is 1. The predicted octanol–water partition coefficient (Wildman–Crippen LogP) is 3.67. The van der Waals surface area contributed by atoms with Crippen LogP contribution in [-0.2, 0) is 4.79 Å². The number of rotatable bonds is 4. The molecular formula is C14H25NO. The standard InChI is InChI=1S/C14H25NO/c1-5-13-10(2)6-7-11(3)14(13)12(4)8-15-9-16/h10-14H,5-8H2,1-4H3/t10?,11?,12-,13?,14?/m1/s1. The van der Waals surface area contributed by atoms with Crippen LogP contribution >= 0.6 is 0 Å². The van der Waals surface area contributed by atoms with E-state index in [0.717, 1.165) is 23.7 Å². The molecule has 0 N–H and O–H groups in total. The summed E-state index contributed by atoms with van der Waals surface area (Å²) in [7, 11) is 0. The van der Waals surface area contributed by atoms with E-state index in [1.54, 1.807) is 6.08 Å². The third-order valence-corrected chi connectivity index (χ3v) is 4.53. The molecule has 1 saturated carbocycles. The number of hydrogen-bond donors (Lipinski definition) is 0. The molecule has 0 aromatic rings. The van der Waals surface area contributed by atoms with E-state index in [1.807, 2.05) is 0 Å².